The van der Waals surface area contributed by atoms with Crippen molar-refractivity contribution in [3.63, 3.8) is 0 Å². The standard InChI is InChI=1S/C8H12F2N2/c1-2-7(6-11)12-5-3-4-8(9)10/h2-3,5,8H,1,4,6,11H2/b5-3-,12-7+. The number of aliphatic imine (C=N–C) groups is 1. The zero-order valence-corrected chi connectivity index (χ0v) is 6.71. The second-order valence-electron chi connectivity index (χ2n) is 2.04. The Hall–Kier alpha value is -1.03. The fraction of sp³-hybridized carbons (Fsp3) is 0.375. The molecule has 0 rings (SSSR count). The Morgan fingerprint density at radius 1 is 1.58 bits per heavy atom. The normalized spacial score (nSPS) is 12.8. The van der Waals surface area contributed by atoms with Crippen LogP contribution in [0.3, 0.4) is 0 Å². The highest BCUT2D eigenvalue weighted by Crippen LogP contribution is 1.99. The second kappa shape index (κ2) is 6.67. The van der Waals surface area contributed by atoms with Crippen molar-refractivity contribution >= 4 is 5.71 Å². The Balaban J connectivity index is 3.83. The summed E-state index contributed by atoms with van der Waals surface area (Å²) in [5.74, 6) is 0. The smallest absolute Gasteiger partial charge is 0.242 e. The van der Waals surface area contributed by atoms with E-state index in [1.54, 1.807) is 0 Å². The molecule has 0 spiro atoms. The molecule has 0 aliphatic carbocycles. The topological polar surface area (TPSA) is 38.4 Å². The third kappa shape index (κ3) is 5.73. The van der Waals surface area contributed by atoms with Gasteiger partial charge in [0.05, 0.1) is 5.71 Å². The Bertz CT molecular complexity index is 185. The van der Waals surface area contributed by atoms with E-state index in [0.29, 0.717) is 5.71 Å². The van der Waals surface area contributed by atoms with Crippen molar-refractivity contribution in [3.05, 3.63) is 24.9 Å². The van der Waals surface area contributed by atoms with E-state index in [1.807, 2.05) is 0 Å². The number of alkyl halides is 2. The molecule has 0 amide bonds. The van der Waals surface area contributed by atoms with E-state index in [2.05, 4.69) is 11.6 Å². The molecular weight excluding hydrogens is 162 g/mol. The van der Waals surface area contributed by atoms with Crippen LogP contribution >= 0.6 is 0 Å². The van der Waals surface area contributed by atoms with Gasteiger partial charge in [-0.15, -0.1) is 0 Å². The Labute approximate surface area is 70.5 Å². The lowest BCUT2D eigenvalue weighted by Gasteiger charge is -1.91. The van der Waals surface area contributed by atoms with Crippen molar-refractivity contribution in [1.82, 2.24) is 0 Å². The van der Waals surface area contributed by atoms with Gasteiger partial charge < -0.3 is 5.73 Å². The molecule has 68 valence electrons. The van der Waals surface area contributed by atoms with E-state index in [1.165, 1.54) is 18.4 Å². The van der Waals surface area contributed by atoms with Gasteiger partial charge in [0.2, 0.25) is 6.43 Å². The largest absolute Gasteiger partial charge is 0.325 e. The molecule has 0 atom stereocenters. The molecule has 0 radical (unpaired) electrons. The van der Waals surface area contributed by atoms with Gasteiger partial charge in [-0.3, -0.25) is 4.99 Å². The van der Waals surface area contributed by atoms with Gasteiger partial charge in [-0.2, -0.15) is 0 Å². The maximum Gasteiger partial charge on any atom is 0.242 e. The molecule has 0 aliphatic rings. The Kier molecular flexibility index (Phi) is 6.09. The molecule has 2 nitrogen and oxygen atoms in total. The summed E-state index contributed by atoms with van der Waals surface area (Å²) in [5.41, 5.74) is 5.83. The van der Waals surface area contributed by atoms with Crippen LogP contribution in [0.25, 0.3) is 0 Å². The van der Waals surface area contributed by atoms with Crippen molar-refractivity contribution in [1.29, 1.82) is 0 Å². The Morgan fingerprint density at radius 3 is 2.67 bits per heavy atom. The summed E-state index contributed by atoms with van der Waals surface area (Å²) in [5, 5.41) is 0. The predicted octanol–water partition coefficient (Wildman–Crippen LogP) is 1.74. The summed E-state index contributed by atoms with van der Waals surface area (Å²) < 4.78 is 23.2. The summed E-state index contributed by atoms with van der Waals surface area (Å²) in [6.07, 6.45) is 1.51. The van der Waals surface area contributed by atoms with Crippen LogP contribution in [-0.2, 0) is 0 Å². The maximum atomic E-state index is 11.6. The van der Waals surface area contributed by atoms with E-state index < -0.39 is 6.43 Å². The SMILES string of the molecule is C=C/C(CN)=N\C=C/CC(F)F. The van der Waals surface area contributed by atoms with E-state index in [9.17, 15) is 8.78 Å². The molecule has 0 bridgehead atoms. The first kappa shape index (κ1) is 11.0. The first-order chi connectivity index (χ1) is 5.70. The molecule has 0 heterocycles. The van der Waals surface area contributed by atoms with Gasteiger partial charge in [-0.05, 0) is 6.08 Å². The zero-order valence-electron chi connectivity index (χ0n) is 6.71. The molecular formula is C8H12F2N2. The number of rotatable bonds is 5. The first-order valence-corrected chi connectivity index (χ1v) is 3.53. The van der Waals surface area contributed by atoms with Gasteiger partial charge in [-0.25, -0.2) is 8.78 Å². The third-order valence-corrected chi connectivity index (χ3v) is 1.10. The van der Waals surface area contributed by atoms with Crippen molar-refractivity contribution < 1.29 is 8.78 Å². The molecule has 4 heteroatoms. The highest BCUT2D eigenvalue weighted by atomic mass is 19.3. The van der Waals surface area contributed by atoms with E-state index in [0.717, 1.165) is 0 Å². The fourth-order valence-electron chi connectivity index (χ4n) is 0.501. The average Bonchev–Trinajstić information content (AvgIpc) is 2.04. The average molecular weight is 174 g/mol. The van der Waals surface area contributed by atoms with Gasteiger partial charge in [0.25, 0.3) is 0 Å². The number of hydrogen-bond donors (Lipinski definition) is 1. The summed E-state index contributed by atoms with van der Waals surface area (Å²) in [6.45, 7) is 3.72. The lowest BCUT2D eigenvalue weighted by Crippen LogP contribution is -2.09. The molecule has 0 aliphatic heterocycles. The predicted molar refractivity (Wildman–Crippen MR) is 46.4 cm³/mol. The molecule has 0 unspecified atom stereocenters. The second-order valence-corrected chi connectivity index (χ2v) is 2.04. The molecule has 2 N–H and O–H groups in total. The molecule has 0 aromatic carbocycles. The van der Waals surface area contributed by atoms with Crippen LogP contribution < -0.4 is 5.73 Å². The summed E-state index contributed by atoms with van der Waals surface area (Å²) in [7, 11) is 0. The molecule has 0 saturated carbocycles. The van der Waals surface area contributed by atoms with Crippen LogP contribution in [0, 0.1) is 0 Å². The number of nitrogens with zero attached hydrogens (tertiary/aromatic N) is 1. The number of halogens is 2. The molecule has 0 fully saturated rings. The van der Waals surface area contributed by atoms with E-state index in [4.69, 9.17) is 5.73 Å². The van der Waals surface area contributed by atoms with Crippen LogP contribution in [0.1, 0.15) is 6.42 Å². The van der Waals surface area contributed by atoms with E-state index >= 15 is 0 Å². The van der Waals surface area contributed by atoms with Gasteiger partial charge in [0.1, 0.15) is 0 Å². The lowest BCUT2D eigenvalue weighted by molar-refractivity contribution is 0.152. The summed E-state index contributed by atoms with van der Waals surface area (Å²) >= 11 is 0. The highest BCUT2D eigenvalue weighted by molar-refractivity contribution is 5.96. The minimum Gasteiger partial charge on any atom is -0.325 e. The first-order valence-electron chi connectivity index (χ1n) is 3.53. The van der Waals surface area contributed by atoms with Gasteiger partial charge in [-0.1, -0.05) is 12.7 Å². The zero-order chi connectivity index (χ0) is 9.40. The van der Waals surface area contributed by atoms with Crippen molar-refractivity contribution in [3.8, 4) is 0 Å². The number of hydrogen-bond acceptors (Lipinski definition) is 2. The third-order valence-electron chi connectivity index (χ3n) is 1.10. The fourth-order valence-corrected chi connectivity index (χ4v) is 0.501. The minimum atomic E-state index is -2.32. The van der Waals surface area contributed by atoms with Crippen LogP contribution in [0.5, 0.6) is 0 Å². The molecule has 0 aromatic heterocycles. The van der Waals surface area contributed by atoms with Crippen LogP contribution in [-0.4, -0.2) is 18.7 Å². The number of nitrogens with two attached hydrogens (primary N) is 1. The van der Waals surface area contributed by atoms with Gasteiger partial charge in [0.15, 0.2) is 0 Å². The summed E-state index contributed by atoms with van der Waals surface area (Å²) in [6, 6.07) is 0. The highest BCUT2D eigenvalue weighted by Gasteiger charge is 1.95. The summed E-state index contributed by atoms with van der Waals surface area (Å²) in [4.78, 5) is 3.79. The van der Waals surface area contributed by atoms with Crippen molar-refractivity contribution in [2.45, 2.75) is 12.8 Å². The lowest BCUT2D eigenvalue weighted by atomic mass is 10.4. The van der Waals surface area contributed by atoms with Crippen LogP contribution in [0.2, 0.25) is 0 Å². The monoisotopic (exact) mass is 174 g/mol. The minimum absolute atomic E-state index is 0.266. The van der Waals surface area contributed by atoms with Gasteiger partial charge in [0, 0.05) is 19.2 Å². The number of allylic oxidation sites excluding steroid dienone is 1. The van der Waals surface area contributed by atoms with Crippen LogP contribution in [0.4, 0.5) is 8.78 Å². The van der Waals surface area contributed by atoms with E-state index in [-0.39, 0.29) is 13.0 Å². The van der Waals surface area contributed by atoms with Crippen molar-refractivity contribution in [2.75, 3.05) is 6.54 Å². The molecule has 12 heavy (non-hydrogen) atoms. The Morgan fingerprint density at radius 2 is 2.25 bits per heavy atom. The van der Waals surface area contributed by atoms with Crippen LogP contribution in [0.15, 0.2) is 29.9 Å². The van der Waals surface area contributed by atoms with Crippen molar-refractivity contribution in [2.24, 2.45) is 10.7 Å². The molecule has 0 saturated heterocycles. The molecule has 0 aromatic rings. The van der Waals surface area contributed by atoms with Gasteiger partial charge >= 0.3 is 0 Å². The maximum absolute atomic E-state index is 11.6. The quantitative estimate of drug-likeness (QED) is 0.633.